The molecule has 4 heteroatoms. The van der Waals surface area contributed by atoms with Crippen molar-refractivity contribution in [1.82, 2.24) is 4.90 Å². The molecule has 0 saturated heterocycles. The Kier molecular flexibility index (Phi) is 4.26. The van der Waals surface area contributed by atoms with Gasteiger partial charge in [-0.3, -0.25) is 9.59 Å². The minimum atomic E-state index is -0.901. The van der Waals surface area contributed by atoms with Crippen molar-refractivity contribution in [3.05, 3.63) is 35.4 Å². The maximum Gasteiger partial charge on any atom is 0.305 e. The highest BCUT2D eigenvalue weighted by Crippen LogP contribution is 2.10. The lowest BCUT2D eigenvalue weighted by molar-refractivity contribution is -0.137. The van der Waals surface area contributed by atoms with E-state index in [-0.39, 0.29) is 18.4 Å². The summed E-state index contributed by atoms with van der Waals surface area (Å²) in [5, 5.41) is 8.69. The van der Waals surface area contributed by atoms with E-state index in [0.29, 0.717) is 5.56 Å². The van der Waals surface area contributed by atoms with Gasteiger partial charge in [0.05, 0.1) is 6.42 Å². The van der Waals surface area contributed by atoms with Gasteiger partial charge in [-0.15, -0.1) is 0 Å². The molecule has 0 aliphatic rings. The van der Waals surface area contributed by atoms with E-state index in [2.05, 4.69) is 0 Å². The zero-order valence-electron chi connectivity index (χ0n) is 10.3. The third kappa shape index (κ3) is 3.59. The zero-order chi connectivity index (χ0) is 13.0. The molecule has 1 atom stereocenters. The molecule has 0 radical (unpaired) electrons. The Hall–Kier alpha value is -1.84. The molecule has 1 unspecified atom stereocenters. The van der Waals surface area contributed by atoms with Crippen LogP contribution in [0.5, 0.6) is 0 Å². The molecule has 0 aliphatic carbocycles. The van der Waals surface area contributed by atoms with Crippen molar-refractivity contribution in [1.29, 1.82) is 0 Å². The quantitative estimate of drug-likeness (QED) is 0.867. The van der Waals surface area contributed by atoms with Crippen LogP contribution in [0.2, 0.25) is 0 Å². The maximum atomic E-state index is 12.1. The Morgan fingerprint density at radius 1 is 1.41 bits per heavy atom. The highest BCUT2D eigenvalue weighted by atomic mass is 16.4. The van der Waals surface area contributed by atoms with Crippen molar-refractivity contribution in [3.8, 4) is 0 Å². The summed E-state index contributed by atoms with van der Waals surface area (Å²) in [5.74, 6) is -1.05. The van der Waals surface area contributed by atoms with Crippen LogP contribution in [0.15, 0.2) is 24.3 Å². The van der Waals surface area contributed by atoms with E-state index in [0.717, 1.165) is 5.56 Å². The van der Waals surface area contributed by atoms with E-state index in [4.69, 9.17) is 5.11 Å². The lowest BCUT2D eigenvalue weighted by atomic mass is 10.1. The van der Waals surface area contributed by atoms with Crippen molar-refractivity contribution >= 4 is 11.9 Å². The van der Waals surface area contributed by atoms with Crippen LogP contribution >= 0.6 is 0 Å². The standard InChI is InChI=1S/C13H17NO3/c1-9-5-4-6-11(7-9)13(17)14(3)10(2)8-12(15)16/h4-7,10H,8H2,1-3H3,(H,15,16). The number of hydrogen-bond donors (Lipinski definition) is 1. The minimum absolute atomic E-state index is 0.0476. The van der Waals surface area contributed by atoms with Gasteiger partial charge in [-0.05, 0) is 26.0 Å². The topological polar surface area (TPSA) is 57.6 Å². The molecule has 1 aromatic rings. The Morgan fingerprint density at radius 2 is 2.06 bits per heavy atom. The van der Waals surface area contributed by atoms with E-state index < -0.39 is 5.97 Å². The third-order valence-corrected chi connectivity index (χ3v) is 2.72. The minimum Gasteiger partial charge on any atom is -0.481 e. The van der Waals surface area contributed by atoms with E-state index >= 15 is 0 Å². The number of rotatable bonds is 4. The van der Waals surface area contributed by atoms with Gasteiger partial charge in [0.1, 0.15) is 0 Å². The van der Waals surface area contributed by atoms with Gasteiger partial charge in [0, 0.05) is 18.7 Å². The van der Waals surface area contributed by atoms with E-state index in [1.165, 1.54) is 4.90 Å². The number of aliphatic carboxylic acids is 1. The highest BCUT2D eigenvalue weighted by Gasteiger charge is 2.19. The van der Waals surface area contributed by atoms with Gasteiger partial charge >= 0.3 is 5.97 Å². The number of hydrogen-bond acceptors (Lipinski definition) is 2. The molecular formula is C13H17NO3. The zero-order valence-corrected chi connectivity index (χ0v) is 10.3. The van der Waals surface area contributed by atoms with Crippen LogP contribution in [0.3, 0.4) is 0 Å². The summed E-state index contributed by atoms with van der Waals surface area (Å²) in [6.45, 7) is 3.64. The first kappa shape index (κ1) is 13.2. The summed E-state index contributed by atoms with van der Waals surface area (Å²) < 4.78 is 0. The van der Waals surface area contributed by atoms with Crippen molar-refractivity contribution in [2.24, 2.45) is 0 Å². The van der Waals surface area contributed by atoms with Crippen LogP contribution in [-0.4, -0.2) is 35.0 Å². The van der Waals surface area contributed by atoms with E-state index in [1.54, 1.807) is 26.1 Å². The van der Waals surface area contributed by atoms with E-state index in [1.807, 2.05) is 19.1 Å². The number of carbonyl (C=O) groups excluding carboxylic acids is 1. The van der Waals surface area contributed by atoms with Gasteiger partial charge in [0.2, 0.25) is 0 Å². The monoisotopic (exact) mass is 235 g/mol. The van der Waals surface area contributed by atoms with Crippen LogP contribution in [0, 0.1) is 6.92 Å². The molecule has 0 aromatic heterocycles. The average Bonchev–Trinajstić information content (AvgIpc) is 2.26. The van der Waals surface area contributed by atoms with Gasteiger partial charge in [-0.1, -0.05) is 17.7 Å². The van der Waals surface area contributed by atoms with Crippen LogP contribution in [0.1, 0.15) is 29.3 Å². The molecule has 1 N–H and O–H groups in total. The fraction of sp³-hybridized carbons (Fsp3) is 0.385. The number of carboxylic acids is 1. The molecule has 0 heterocycles. The molecule has 92 valence electrons. The molecule has 1 rings (SSSR count). The lowest BCUT2D eigenvalue weighted by Crippen LogP contribution is -2.36. The van der Waals surface area contributed by atoms with E-state index in [9.17, 15) is 9.59 Å². The van der Waals surface area contributed by atoms with Crippen molar-refractivity contribution < 1.29 is 14.7 Å². The van der Waals surface area contributed by atoms with Gasteiger partial charge < -0.3 is 10.0 Å². The highest BCUT2D eigenvalue weighted by molar-refractivity contribution is 5.94. The number of nitrogens with zero attached hydrogens (tertiary/aromatic N) is 1. The molecule has 1 amide bonds. The molecule has 0 saturated carbocycles. The summed E-state index contributed by atoms with van der Waals surface area (Å²) in [6, 6.07) is 6.95. The average molecular weight is 235 g/mol. The summed E-state index contributed by atoms with van der Waals surface area (Å²) in [6.07, 6.45) is -0.0476. The molecule has 0 spiro atoms. The largest absolute Gasteiger partial charge is 0.481 e. The first-order valence-corrected chi connectivity index (χ1v) is 5.47. The van der Waals surface area contributed by atoms with Gasteiger partial charge in [-0.25, -0.2) is 0 Å². The lowest BCUT2D eigenvalue weighted by Gasteiger charge is -2.23. The predicted molar refractivity (Wildman–Crippen MR) is 65.0 cm³/mol. The molecule has 17 heavy (non-hydrogen) atoms. The Morgan fingerprint density at radius 3 is 2.59 bits per heavy atom. The Bertz CT molecular complexity index is 428. The fourth-order valence-electron chi connectivity index (χ4n) is 1.57. The van der Waals surface area contributed by atoms with Gasteiger partial charge in [-0.2, -0.15) is 0 Å². The van der Waals surface area contributed by atoms with Crippen LogP contribution in [0.4, 0.5) is 0 Å². The normalized spacial score (nSPS) is 11.9. The number of amides is 1. The molecule has 1 aromatic carbocycles. The summed E-state index contributed by atoms with van der Waals surface area (Å²) in [4.78, 5) is 24.1. The molecule has 0 fully saturated rings. The number of aryl methyl sites for hydroxylation is 1. The molecule has 4 nitrogen and oxygen atoms in total. The summed E-state index contributed by atoms with van der Waals surface area (Å²) >= 11 is 0. The summed E-state index contributed by atoms with van der Waals surface area (Å²) in [7, 11) is 1.62. The number of benzene rings is 1. The van der Waals surface area contributed by atoms with Crippen molar-refractivity contribution in [2.45, 2.75) is 26.3 Å². The SMILES string of the molecule is Cc1cccc(C(=O)N(C)C(C)CC(=O)O)c1. The number of carboxylic acid groups (broad SMARTS) is 1. The Balaban J connectivity index is 2.79. The predicted octanol–water partition coefficient (Wildman–Crippen LogP) is 1.93. The third-order valence-electron chi connectivity index (χ3n) is 2.72. The first-order chi connectivity index (χ1) is 7.91. The van der Waals surface area contributed by atoms with Gasteiger partial charge in [0.15, 0.2) is 0 Å². The molecule has 0 bridgehead atoms. The van der Waals surface area contributed by atoms with Crippen molar-refractivity contribution in [2.75, 3.05) is 7.05 Å². The Labute approximate surface area is 101 Å². The summed E-state index contributed by atoms with van der Waals surface area (Å²) in [5.41, 5.74) is 1.60. The fourth-order valence-corrected chi connectivity index (χ4v) is 1.57. The second kappa shape index (κ2) is 5.48. The van der Waals surface area contributed by atoms with Crippen LogP contribution in [0.25, 0.3) is 0 Å². The number of carbonyl (C=O) groups is 2. The maximum absolute atomic E-state index is 12.1. The second-order valence-electron chi connectivity index (χ2n) is 4.23. The van der Waals surface area contributed by atoms with Crippen molar-refractivity contribution in [3.63, 3.8) is 0 Å². The van der Waals surface area contributed by atoms with Gasteiger partial charge in [0.25, 0.3) is 5.91 Å². The van der Waals surface area contributed by atoms with Crippen LogP contribution < -0.4 is 0 Å². The van der Waals surface area contributed by atoms with Crippen LogP contribution in [-0.2, 0) is 4.79 Å². The first-order valence-electron chi connectivity index (χ1n) is 5.47. The smallest absolute Gasteiger partial charge is 0.305 e. The second-order valence-corrected chi connectivity index (χ2v) is 4.23. The molecular weight excluding hydrogens is 218 g/mol. The molecule has 0 aliphatic heterocycles.